The molecule has 1 aromatic carbocycles. The van der Waals surface area contributed by atoms with Gasteiger partial charge in [0.05, 0.1) is 12.2 Å². The summed E-state index contributed by atoms with van der Waals surface area (Å²) >= 11 is 1.40. The third-order valence-electron chi connectivity index (χ3n) is 6.70. The fourth-order valence-electron chi connectivity index (χ4n) is 4.50. The van der Waals surface area contributed by atoms with E-state index in [0.717, 1.165) is 48.6 Å². The normalized spacial score (nSPS) is 13.8. The number of carbonyl (C=O) groups is 2. The fraction of sp³-hybridized carbons (Fsp3) is 0.321. The first-order valence-electron chi connectivity index (χ1n) is 13.0. The van der Waals surface area contributed by atoms with Crippen molar-refractivity contribution in [3.05, 3.63) is 65.6 Å². The number of thiazole rings is 1. The monoisotopic (exact) mass is 563 g/mol. The van der Waals surface area contributed by atoms with E-state index < -0.39 is 11.8 Å². The van der Waals surface area contributed by atoms with Crippen LogP contribution < -0.4 is 10.2 Å². The van der Waals surface area contributed by atoms with Gasteiger partial charge in [-0.25, -0.2) is 24.1 Å². The van der Waals surface area contributed by atoms with Crippen molar-refractivity contribution in [2.75, 3.05) is 50.1 Å². The molecule has 5 rings (SSSR count). The number of amides is 1. The third kappa shape index (κ3) is 6.18. The molecule has 208 valence electrons. The Balaban J connectivity index is 1.28. The van der Waals surface area contributed by atoms with Crippen LogP contribution >= 0.6 is 11.3 Å². The highest BCUT2D eigenvalue weighted by Gasteiger charge is 2.19. The molecule has 0 atom stereocenters. The average Bonchev–Trinajstić information content (AvgIpc) is 3.35. The summed E-state index contributed by atoms with van der Waals surface area (Å²) in [6, 6.07) is 12.0. The summed E-state index contributed by atoms with van der Waals surface area (Å²) in [4.78, 5) is 44.2. The molecule has 1 aliphatic rings. The summed E-state index contributed by atoms with van der Waals surface area (Å²) in [7, 11) is 1.80. The maximum Gasteiger partial charge on any atom is 0.341 e. The topological polar surface area (TPSA) is 104 Å². The Morgan fingerprint density at radius 2 is 1.90 bits per heavy atom. The molecule has 12 heteroatoms. The summed E-state index contributed by atoms with van der Waals surface area (Å²) in [5.74, 6) is 0.0939. The quantitative estimate of drug-likeness (QED) is 0.309. The van der Waals surface area contributed by atoms with Gasteiger partial charge in [-0.05, 0) is 55.0 Å². The smallest absolute Gasteiger partial charge is 0.341 e. The zero-order valence-corrected chi connectivity index (χ0v) is 23.4. The van der Waals surface area contributed by atoms with Crippen LogP contribution in [0.2, 0.25) is 0 Å². The van der Waals surface area contributed by atoms with E-state index in [0.29, 0.717) is 22.5 Å². The van der Waals surface area contributed by atoms with Gasteiger partial charge in [0.15, 0.2) is 5.13 Å². The number of carbonyl (C=O) groups excluding carboxylic acids is 2. The molecule has 1 aliphatic heterocycles. The molecule has 0 spiro atoms. The molecule has 4 aromatic rings. The minimum atomic E-state index is -0.704. The molecule has 0 radical (unpaired) electrons. The van der Waals surface area contributed by atoms with Gasteiger partial charge in [0.1, 0.15) is 27.8 Å². The maximum absolute atomic E-state index is 14.2. The lowest BCUT2D eigenvalue weighted by atomic mass is 10.1. The second-order valence-corrected chi connectivity index (χ2v) is 10.4. The lowest BCUT2D eigenvalue weighted by Gasteiger charge is -2.34. The number of halogens is 1. The van der Waals surface area contributed by atoms with Crippen LogP contribution in [-0.2, 0) is 16.1 Å². The van der Waals surface area contributed by atoms with Crippen LogP contribution in [0.4, 0.5) is 26.8 Å². The van der Waals surface area contributed by atoms with Crippen molar-refractivity contribution in [2.45, 2.75) is 20.4 Å². The van der Waals surface area contributed by atoms with Gasteiger partial charge in [0.2, 0.25) is 5.91 Å². The number of ether oxygens (including phenoxy) is 1. The lowest BCUT2D eigenvalue weighted by Crippen LogP contribution is -2.47. The molecular formula is C28H30FN7O3S. The summed E-state index contributed by atoms with van der Waals surface area (Å²) in [6.45, 7) is 7.40. The molecule has 0 saturated carbocycles. The van der Waals surface area contributed by atoms with Crippen LogP contribution in [0.1, 0.15) is 29.8 Å². The minimum Gasteiger partial charge on any atom is -0.462 e. The van der Waals surface area contributed by atoms with E-state index in [-0.39, 0.29) is 18.1 Å². The van der Waals surface area contributed by atoms with Gasteiger partial charge in [-0.1, -0.05) is 11.3 Å². The molecular weight excluding hydrogens is 533 g/mol. The largest absolute Gasteiger partial charge is 0.462 e. The molecule has 4 heterocycles. The number of nitrogens with one attached hydrogen (secondary N) is 1. The molecule has 1 saturated heterocycles. The Bertz CT molecular complexity index is 1540. The van der Waals surface area contributed by atoms with E-state index in [4.69, 9.17) is 9.72 Å². The van der Waals surface area contributed by atoms with Gasteiger partial charge in [0, 0.05) is 58.6 Å². The lowest BCUT2D eigenvalue weighted by molar-refractivity contribution is -0.130. The van der Waals surface area contributed by atoms with Crippen LogP contribution in [0.3, 0.4) is 0 Å². The van der Waals surface area contributed by atoms with Gasteiger partial charge in [-0.2, -0.15) is 0 Å². The predicted octanol–water partition coefficient (Wildman–Crippen LogP) is 4.58. The zero-order chi connectivity index (χ0) is 28.2. The summed E-state index contributed by atoms with van der Waals surface area (Å²) < 4.78 is 19.2. The van der Waals surface area contributed by atoms with Crippen molar-refractivity contribution in [2.24, 2.45) is 0 Å². The van der Waals surface area contributed by atoms with Crippen LogP contribution in [0.5, 0.6) is 0 Å². The molecule has 1 N–H and O–H groups in total. The Hall–Kier alpha value is -4.16. The van der Waals surface area contributed by atoms with E-state index in [1.165, 1.54) is 23.5 Å². The molecule has 0 aliphatic carbocycles. The summed E-state index contributed by atoms with van der Waals surface area (Å²) in [5.41, 5.74) is 2.33. The van der Waals surface area contributed by atoms with Crippen molar-refractivity contribution < 1.29 is 18.7 Å². The number of fused-ring (bicyclic) bond motifs is 1. The van der Waals surface area contributed by atoms with Gasteiger partial charge < -0.3 is 19.9 Å². The zero-order valence-electron chi connectivity index (χ0n) is 22.6. The highest BCUT2D eigenvalue weighted by Crippen LogP contribution is 2.31. The molecule has 1 fully saturated rings. The Kier molecular flexibility index (Phi) is 8.17. The first-order valence-corrected chi connectivity index (χ1v) is 13.8. The third-order valence-corrected chi connectivity index (χ3v) is 7.58. The van der Waals surface area contributed by atoms with E-state index in [2.05, 4.69) is 20.2 Å². The van der Waals surface area contributed by atoms with E-state index in [9.17, 15) is 14.0 Å². The SMILES string of the molecule is CCOC(=O)c1cc(N(C)c2ccc3nc(Nc4cc(CN5CCN(C(C)=O)CC5)ccn4)sc3n2)ccc1F. The van der Waals surface area contributed by atoms with Crippen molar-refractivity contribution >= 4 is 56.0 Å². The van der Waals surface area contributed by atoms with Crippen molar-refractivity contribution in [3.63, 3.8) is 0 Å². The number of aromatic nitrogens is 3. The highest BCUT2D eigenvalue weighted by molar-refractivity contribution is 7.21. The number of nitrogens with zero attached hydrogens (tertiary/aromatic N) is 6. The molecule has 0 bridgehead atoms. The molecule has 0 unspecified atom stereocenters. The summed E-state index contributed by atoms with van der Waals surface area (Å²) in [5, 5.41) is 3.95. The summed E-state index contributed by atoms with van der Waals surface area (Å²) in [6.07, 6.45) is 1.77. The molecule has 3 aromatic heterocycles. The van der Waals surface area contributed by atoms with Crippen molar-refractivity contribution in [3.8, 4) is 0 Å². The number of hydrogen-bond donors (Lipinski definition) is 1. The standard InChI is InChI=1S/C28H30FN7O3S/c1-4-39-27(38)21-16-20(5-6-22(21)29)34(3)25-8-7-23-26(33-25)40-28(31-23)32-24-15-19(9-10-30-24)17-35-11-13-36(14-12-35)18(2)37/h5-10,15-16H,4,11-14,17H2,1-3H3,(H,30,31,32). The van der Waals surface area contributed by atoms with E-state index >= 15 is 0 Å². The fourth-order valence-corrected chi connectivity index (χ4v) is 5.34. The molecule has 10 nitrogen and oxygen atoms in total. The van der Waals surface area contributed by atoms with E-state index in [1.54, 1.807) is 38.1 Å². The Morgan fingerprint density at radius 1 is 1.10 bits per heavy atom. The number of rotatable bonds is 8. The minimum absolute atomic E-state index is 0.121. The molecule has 1 amide bonds. The second-order valence-electron chi connectivity index (χ2n) is 9.41. The van der Waals surface area contributed by atoms with Gasteiger partial charge in [-0.15, -0.1) is 0 Å². The number of hydrogen-bond acceptors (Lipinski definition) is 10. The number of benzene rings is 1. The van der Waals surface area contributed by atoms with E-state index in [1.807, 2.05) is 29.2 Å². The van der Waals surface area contributed by atoms with Gasteiger partial charge >= 0.3 is 5.97 Å². The van der Waals surface area contributed by atoms with Crippen LogP contribution in [0.25, 0.3) is 10.3 Å². The van der Waals surface area contributed by atoms with Gasteiger partial charge in [0.25, 0.3) is 0 Å². The number of esters is 1. The maximum atomic E-state index is 14.2. The predicted molar refractivity (Wildman–Crippen MR) is 153 cm³/mol. The second kappa shape index (κ2) is 11.9. The Morgan fingerprint density at radius 3 is 2.65 bits per heavy atom. The number of anilines is 4. The average molecular weight is 564 g/mol. The van der Waals surface area contributed by atoms with Crippen LogP contribution in [0, 0.1) is 5.82 Å². The van der Waals surface area contributed by atoms with Crippen LogP contribution in [-0.4, -0.2) is 76.5 Å². The highest BCUT2D eigenvalue weighted by atomic mass is 32.1. The molecule has 40 heavy (non-hydrogen) atoms. The van der Waals surface area contributed by atoms with Crippen LogP contribution in [0.15, 0.2) is 48.7 Å². The Labute approximate surface area is 235 Å². The van der Waals surface area contributed by atoms with Crippen molar-refractivity contribution in [1.29, 1.82) is 0 Å². The van der Waals surface area contributed by atoms with Crippen molar-refractivity contribution in [1.82, 2.24) is 24.8 Å². The first-order chi connectivity index (χ1) is 19.3. The first kappa shape index (κ1) is 27.4. The number of piperazine rings is 1. The van der Waals surface area contributed by atoms with Gasteiger partial charge in [-0.3, -0.25) is 9.69 Å². The number of pyridine rings is 2.